The Hall–Kier alpha value is -2.55. The van der Waals surface area contributed by atoms with E-state index in [9.17, 15) is 22.8 Å². The van der Waals surface area contributed by atoms with Crippen LogP contribution in [0.15, 0.2) is 46.9 Å². The maximum Gasteiger partial charge on any atom is 0.387 e. The Balaban J connectivity index is 1.88. The molecule has 2 rings (SSSR count). The van der Waals surface area contributed by atoms with Gasteiger partial charge in [-0.1, -0.05) is 12.1 Å². The van der Waals surface area contributed by atoms with Crippen LogP contribution in [0.1, 0.15) is 16.8 Å². The number of carbonyl (C=O) groups is 2. The molecule has 0 unspecified atom stereocenters. The van der Waals surface area contributed by atoms with Gasteiger partial charge in [-0.2, -0.15) is 8.78 Å². The topological polar surface area (TPSA) is 67.4 Å². The molecule has 0 fully saturated rings. The van der Waals surface area contributed by atoms with Gasteiger partial charge in [0.1, 0.15) is 11.6 Å². The number of hydrogen-bond donors (Lipinski definition) is 2. The third-order valence-electron chi connectivity index (χ3n) is 3.19. The molecular formula is C17H14BrF3N2O3. The molecule has 2 N–H and O–H groups in total. The molecule has 2 amide bonds. The minimum absolute atomic E-state index is 0.0223. The standard InChI is InChI=1S/C17H14BrF3N2O3/c18-12-6-5-10(19)9-11(12)16(25)22-8-7-15(24)23-13-3-1-2-4-14(13)26-17(20)21/h1-6,9,17H,7-8H2,(H,22,25)(H,23,24). The molecule has 5 nitrogen and oxygen atoms in total. The van der Waals surface area contributed by atoms with E-state index in [-0.39, 0.29) is 30.0 Å². The first-order chi connectivity index (χ1) is 12.4. The van der Waals surface area contributed by atoms with Crippen molar-refractivity contribution in [1.29, 1.82) is 0 Å². The fourth-order valence-corrected chi connectivity index (χ4v) is 2.46. The molecule has 0 aliphatic heterocycles. The highest BCUT2D eigenvalue weighted by atomic mass is 79.9. The molecule has 0 radical (unpaired) electrons. The van der Waals surface area contributed by atoms with Gasteiger partial charge in [0.2, 0.25) is 5.91 Å². The number of carbonyl (C=O) groups excluding carboxylic acids is 2. The highest BCUT2D eigenvalue weighted by molar-refractivity contribution is 9.10. The second-order valence-corrected chi connectivity index (χ2v) is 5.91. The summed E-state index contributed by atoms with van der Waals surface area (Å²) in [5, 5.41) is 4.91. The molecule has 0 aliphatic rings. The van der Waals surface area contributed by atoms with Crippen LogP contribution in [-0.2, 0) is 4.79 Å². The summed E-state index contributed by atoms with van der Waals surface area (Å²) >= 11 is 3.14. The van der Waals surface area contributed by atoms with Gasteiger partial charge in [0.15, 0.2) is 0 Å². The fourth-order valence-electron chi connectivity index (χ4n) is 2.04. The fraction of sp³-hybridized carbons (Fsp3) is 0.176. The summed E-state index contributed by atoms with van der Waals surface area (Å²) in [7, 11) is 0. The maximum absolute atomic E-state index is 13.2. The average Bonchev–Trinajstić information content (AvgIpc) is 2.58. The molecule has 2 aromatic carbocycles. The van der Waals surface area contributed by atoms with E-state index in [4.69, 9.17) is 0 Å². The number of nitrogens with one attached hydrogen (secondary N) is 2. The van der Waals surface area contributed by atoms with E-state index in [0.717, 1.165) is 6.07 Å². The first-order valence-electron chi connectivity index (χ1n) is 7.43. The van der Waals surface area contributed by atoms with Crippen molar-refractivity contribution in [1.82, 2.24) is 5.32 Å². The van der Waals surface area contributed by atoms with E-state index in [1.54, 1.807) is 6.07 Å². The molecule has 0 bridgehead atoms. The largest absolute Gasteiger partial charge is 0.433 e. The summed E-state index contributed by atoms with van der Waals surface area (Å²) in [4.78, 5) is 23.9. The lowest BCUT2D eigenvalue weighted by molar-refractivity contribution is -0.116. The van der Waals surface area contributed by atoms with Crippen molar-refractivity contribution in [2.45, 2.75) is 13.0 Å². The van der Waals surface area contributed by atoms with E-state index in [2.05, 4.69) is 31.3 Å². The Labute approximate surface area is 155 Å². The van der Waals surface area contributed by atoms with Crippen molar-refractivity contribution >= 4 is 33.4 Å². The number of amides is 2. The summed E-state index contributed by atoms with van der Waals surface area (Å²) in [6, 6.07) is 9.42. The van der Waals surface area contributed by atoms with Crippen molar-refractivity contribution in [3.63, 3.8) is 0 Å². The first kappa shape index (κ1) is 19.8. The van der Waals surface area contributed by atoms with Crippen LogP contribution >= 0.6 is 15.9 Å². The molecule has 138 valence electrons. The van der Waals surface area contributed by atoms with Crippen molar-refractivity contribution in [2.24, 2.45) is 0 Å². The SMILES string of the molecule is O=C(CCNC(=O)c1cc(F)ccc1Br)Nc1ccccc1OC(F)F. The van der Waals surface area contributed by atoms with Crippen LogP contribution < -0.4 is 15.4 Å². The van der Waals surface area contributed by atoms with E-state index in [0.29, 0.717) is 4.47 Å². The van der Waals surface area contributed by atoms with Crippen LogP contribution in [-0.4, -0.2) is 25.0 Å². The van der Waals surface area contributed by atoms with Gasteiger partial charge in [0, 0.05) is 17.4 Å². The number of halogens is 4. The summed E-state index contributed by atoms with van der Waals surface area (Å²) in [5.74, 6) is -1.78. The van der Waals surface area contributed by atoms with Gasteiger partial charge in [-0.15, -0.1) is 0 Å². The monoisotopic (exact) mass is 430 g/mol. The molecule has 0 aromatic heterocycles. The van der Waals surface area contributed by atoms with Crippen LogP contribution in [0.4, 0.5) is 18.9 Å². The number of para-hydroxylation sites is 2. The molecular weight excluding hydrogens is 417 g/mol. The second kappa shape index (κ2) is 9.23. The summed E-state index contributed by atoms with van der Waals surface area (Å²) in [5.41, 5.74) is 0.193. The van der Waals surface area contributed by atoms with E-state index in [1.165, 1.54) is 30.3 Å². The van der Waals surface area contributed by atoms with Crippen molar-refractivity contribution < 1.29 is 27.5 Å². The zero-order valence-electron chi connectivity index (χ0n) is 13.3. The predicted molar refractivity (Wildman–Crippen MR) is 92.8 cm³/mol. The minimum Gasteiger partial charge on any atom is -0.433 e. The van der Waals surface area contributed by atoms with Crippen molar-refractivity contribution in [2.75, 3.05) is 11.9 Å². The second-order valence-electron chi connectivity index (χ2n) is 5.05. The molecule has 26 heavy (non-hydrogen) atoms. The molecule has 0 atom stereocenters. The number of hydrogen-bond acceptors (Lipinski definition) is 3. The van der Waals surface area contributed by atoms with Crippen molar-refractivity contribution in [3.8, 4) is 5.75 Å². The van der Waals surface area contributed by atoms with E-state index < -0.39 is 24.2 Å². The zero-order chi connectivity index (χ0) is 19.1. The number of anilines is 1. The third kappa shape index (κ3) is 5.76. The first-order valence-corrected chi connectivity index (χ1v) is 8.23. The Morgan fingerprint density at radius 1 is 1.15 bits per heavy atom. The van der Waals surface area contributed by atoms with E-state index >= 15 is 0 Å². The highest BCUT2D eigenvalue weighted by Gasteiger charge is 2.13. The Kier molecular flexibility index (Phi) is 7.02. The van der Waals surface area contributed by atoms with Gasteiger partial charge in [-0.25, -0.2) is 4.39 Å². The Morgan fingerprint density at radius 2 is 1.88 bits per heavy atom. The number of alkyl halides is 2. The minimum atomic E-state index is -3.02. The average molecular weight is 431 g/mol. The molecule has 0 aliphatic carbocycles. The summed E-state index contributed by atoms with van der Waals surface area (Å²) < 4.78 is 42.6. The Morgan fingerprint density at radius 3 is 2.62 bits per heavy atom. The van der Waals surface area contributed by atoms with Crippen LogP contribution in [0.5, 0.6) is 5.75 Å². The summed E-state index contributed by atoms with van der Waals surface area (Å²) in [6.45, 7) is -3.04. The number of ether oxygens (including phenoxy) is 1. The van der Waals surface area contributed by atoms with Crippen LogP contribution in [0, 0.1) is 5.82 Å². The zero-order valence-corrected chi connectivity index (χ0v) is 14.9. The van der Waals surface area contributed by atoms with Crippen LogP contribution in [0.25, 0.3) is 0 Å². The van der Waals surface area contributed by atoms with Crippen LogP contribution in [0.2, 0.25) is 0 Å². The molecule has 0 heterocycles. The number of benzene rings is 2. The molecule has 2 aromatic rings. The van der Waals surface area contributed by atoms with E-state index in [1.807, 2.05) is 0 Å². The molecule has 9 heteroatoms. The normalized spacial score (nSPS) is 10.5. The lowest BCUT2D eigenvalue weighted by atomic mass is 10.2. The van der Waals surface area contributed by atoms with Gasteiger partial charge in [0.05, 0.1) is 11.3 Å². The predicted octanol–water partition coefficient (Wildman–Crippen LogP) is 3.95. The lowest BCUT2D eigenvalue weighted by Gasteiger charge is -2.12. The Bertz CT molecular complexity index is 803. The maximum atomic E-state index is 13.2. The van der Waals surface area contributed by atoms with Gasteiger partial charge < -0.3 is 15.4 Å². The van der Waals surface area contributed by atoms with Gasteiger partial charge >= 0.3 is 6.61 Å². The molecule has 0 saturated carbocycles. The summed E-state index contributed by atoms with van der Waals surface area (Å²) in [6.07, 6.45) is -0.109. The molecule has 0 spiro atoms. The van der Waals surface area contributed by atoms with Crippen molar-refractivity contribution in [3.05, 3.63) is 58.3 Å². The smallest absolute Gasteiger partial charge is 0.387 e. The van der Waals surface area contributed by atoms with Gasteiger partial charge in [-0.3, -0.25) is 9.59 Å². The lowest BCUT2D eigenvalue weighted by Crippen LogP contribution is -2.28. The molecule has 0 saturated heterocycles. The highest BCUT2D eigenvalue weighted by Crippen LogP contribution is 2.25. The van der Waals surface area contributed by atoms with Gasteiger partial charge in [0.25, 0.3) is 5.91 Å². The van der Waals surface area contributed by atoms with Crippen LogP contribution in [0.3, 0.4) is 0 Å². The van der Waals surface area contributed by atoms with Gasteiger partial charge in [-0.05, 0) is 46.3 Å². The third-order valence-corrected chi connectivity index (χ3v) is 3.88. The number of rotatable bonds is 7. The quantitative estimate of drug-likeness (QED) is 0.698.